The molecule has 0 aromatic heterocycles. The zero-order valence-electron chi connectivity index (χ0n) is 17.1. The molecule has 1 aliphatic rings. The second-order valence-electron chi connectivity index (χ2n) is 8.37. The van der Waals surface area contributed by atoms with Crippen LogP contribution in [0.4, 0.5) is 4.79 Å². The van der Waals surface area contributed by atoms with Gasteiger partial charge in [-0.1, -0.05) is 24.3 Å². The molecule has 0 atom stereocenters. The second-order valence-corrected chi connectivity index (χ2v) is 10.4. The van der Waals surface area contributed by atoms with E-state index in [4.69, 9.17) is 4.74 Å². The molecule has 1 aliphatic heterocycles. The maximum Gasteiger partial charge on any atom is 0.410 e. The van der Waals surface area contributed by atoms with Crippen molar-refractivity contribution in [1.82, 2.24) is 9.21 Å². The summed E-state index contributed by atoms with van der Waals surface area (Å²) in [6.07, 6.45) is 1.27. The van der Waals surface area contributed by atoms with Crippen LogP contribution >= 0.6 is 0 Å². The third-order valence-corrected chi connectivity index (χ3v) is 6.63. The number of benzene rings is 1. The summed E-state index contributed by atoms with van der Waals surface area (Å²) in [5.74, 6) is 0.271. The Labute approximate surface area is 163 Å². The first-order valence-electron chi connectivity index (χ1n) is 9.44. The average Bonchev–Trinajstić information content (AvgIpc) is 2.56. The SMILES string of the molecule is Cc1ccccc1CS(=O)(=O)N(C)CC1CCN(C(=O)OC(C)(C)C)CC1. The Balaban J connectivity index is 1.87. The fraction of sp³-hybridized carbons (Fsp3) is 0.650. The lowest BCUT2D eigenvalue weighted by molar-refractivity contribution is 0.0179. The van der Waals surface area contributed by atoms with Crippen LogP contribution in [0.25, 0.3) is 0 Å². The first-order valence-corrected chi connectivity index (χ1v) is 11.1. The van der Waals surface area contributed by atoms with Crippen LogP contribution in [0.2, 0.25) is 0 Å². The molecule has 2 rings (SSSR count). The van der Waals surface area contributed by atoms with Gasteiger partial charge in [-0.05, 0) is 57.6 Å². The molecule has 0 radical (unpaired) electrons. The number of hydrogen-bond donors (Lipinski definition) is 0. The second kappa shape index (κ2) is 8.61. The van der Waals surface area contributed by atoms with Gasteiger partial charge >= 0.3 is 6.09 Å². The van der Waals surface area contributed by atoms with Crippen LogP contribution in [0.1, 0.15) is 44.7 Å². The lowest BCUT2D eigenvalue weighted by Gasteiger charge is -2.34. The van der Waals surface area contributed by atoms with Gasteiger partial charge in [-0.15, -0.1) is 0 Å². The summed E-state index contributed by atoms with van der Waals surface area (Å²) in [5.41, 5.74) is 1.32. The van der Waals surface area contributed by atoms with Gasteiger partial charge in [-0.2, -0.15) is 0 Å². The monoisotopic (exact) mass is 396 g/mol. The van der Waals surface area contributed by atoms with E-state index >= 15 is 0 Å². The molecule has 1 fully saturated rings. The lowest BCUT2D eigenvalue weighted by atomic mass is 9.97. The van der Waals surface area contributed by atoms with E-state index in [9.17, 15) is 13.2 Å². The highest BCUT2D eigenvalue weighted by atomic mass is 32.2. The molecule has 0 N–H and O–H groups in total. The highest BCUT2D eigenvalue weighted by Gasteiger charge is 2.29. The van der Waals surface area contributed by atoms with Crippen molar-refractivity contribution in [2.75, 3.05) is 26.7 Å². The summed E-state index contributed by atoms with van der Waals surface area (Å²) in [5, 5.41) is 0. The number of amides is 1. The number of piperidine rings is 1. The number of carbonyl (C=O) groups excluding carboxylic acids is 1. The Morgan fingerprint density at radius 3 is 2.37 bits per heavy atom. The van der Waals surface area contributed by atoms with Crippen LogP contribution in [0.5, 0.6) is 0 Å². The molecule has 152 valence electrons. The molecule has 1 amide bonds. The van der Waals surface area contributed by atoms with Gasteiger partial charge in [0.2, 0.25) is 10.0 Å². The van der Waals surface area contributed by atoms with E-state index in [0.29, 0.717) is 19.6 Å². The number of aryl methyl sites for hydroxylation is 1. The zero-order valence-corrected chi connectivity index (χ0v) is 17.9. The molecule has 7 heteroatoms. The summed E-state index contributed by atoms with van der Waals surface area (Å²) in [6, 6.07) is 7.56. The van der Waals surface area contributed by atoms with E-state index in [1.165, 1.54) is 4.31 Å². The molecule has 0 bridgehead atoms. The summed E-state index contributed by atoms with van der Waals surface area (Å²) >= 11 is 0. The average molecular weight is 397 g/mol. The largest absolute Gasteiger partial charge is 0.444 e. The molecule has 27 heavy (non-hydrogen) atoms. The van der Waals surface area contributed by atoms with E-state index in [1.54, 1.807) is 11.9 Å². The zero-order chi connectivity index (χ0) is 20.2. The van der Waals surface area contributed by atoms with E-state index < -0.39 is 15.6 Å². The minimum absolute atomic E-state index is 0.0208. The Morgan fingerprint density at radius 2 is 1.81 bits per heavy atom. The maximum absolute atomic E-state index is 12.7. The van der Waals surface area contributed by atoms with Gasteiger partial charge in [-0.3, -0.25) is 0 Å². The molecule has 0 aliphatic carbocycles. The van der Waals surface area contributed by atoms with Crippen molar-refractivity contribution in [1.29, 1.82) is 0 Å². The van der Waals surface area contributed by atoms with Crippen LogP contribution in [0.3, 0.4) is 0 Å². The molecule has 6 nitrogen and oxygen atoms in total. The first kappa shape index (κ1) is 21.7. The van der Waals surface area contributed by atoms with Crippen molar-refractivity contribution < 1.29 is 17.9 Å². The van der Waals surface area contributed by atoms with Gasteiger partial charge in [0, 0.05) is 26.7 Å². The van der Waals surface area contributed by atoms with Gasteiger partial charge < -0.3 is 9.64 Å². The number of rotatable bonds is 5. The molecule has 0 unspecified atom stereocenters. The highest BCUT2D eigenvalue weighted by molar-refractivity contribution is 7.88. The first-order chi connectivity index (χ1) is 12.5. The van der Waals surface area contributed by atoms with Gasteiger partial charge in [0.25, 0.3) is 0 Å². The van der Waals surface area contributed by atoms with Crippen molar-refractivity contribution in [3.05, 3.63) is 35.4 Å². The molecule has 0 spiro atoms. The van der Waals surface area contributed by atoms with E-state index in [2.05, 4.69) is 0 Å². The predicted octanol–water partition coefficient (Wildman–Crippen LogP) is 3.40. The minimum Gasteiger partial charge on any atom is -0.444 e. The third-order valence-electron chi connectivity index (χ3n) is 4.86. The maximum atomic E-state index is 12.7. The van der Waals surface area contributed by atoms with Crippen LogP contribution in [0.15, 0.2) is 24.3 Å². The van der Waals surface area contributed by atoms with Crippen molar-refractivity contribution in [2.24, 2.45) is 5.92 Å². The summed E-state index contributed by atoms with van der Waals surface area (Å²) in [7, 11) is -1.71. The fourth-order valence-electron chi connectivity index (χ4n) is 3.18. The Hall–Kier alpha value is -1.60. The number of ether oxygens (including phenoxy) is 1. The summed E-state index contributed by atoms with van der Waals surface area (Å²) in [4.78, 5) is 13.8. The van der Waals surface area contributed by atoms with Gasteiger partial charge in [0.05, 0.1) is 5.75 Å². The number of sulfonamides is 1. The minimum atomic E-state index is -3.36. The molecule has 1 saturated heterocycles. The van der Waals surface area contributed by atoms with E-state index in [-0.39, 0.29) is 17.8 Å². The summed E-state index contributed by atoms with van der Waals surface area (Å²) in [6.45, 7) is 9.17. The van der Waals surface area contributed by atoms with Gasteiger partial charge in [0.15, 0.2) is 0 Å². The van der Waals surface area contributed by atoms with Crippen LogP contribution < -0.4 is 0 Å². The normalized spacial score (nSPS) is 16.6. The van der Waals surface area contributed by atoms with Crippen LogP contribution in [0, 0.1) is 12.8 Å². The number of likely N-dealkylation sites (tertiary alicyclic amines) is 1. The number of nitrogens with zero attached hydrogens (tertiary/aromatic N) is 2. The lowest BCUT2D eigenvalue weighted by Crippen LogP contribution is -2.44. The standard InChI is InChI=1S/C20H32N2O4S/c1-16-8-6-7-9-18(16)15-27(24,25)21(5)14-17-10-12-22(13-11-17)19(23)26-20(2,3)4/h6-9,17H,10-15H2,1-5H3. The van der Waals surface area contributed by atoms with Crippen molar-refractivity contribution in [2.45, 2.75) is 51.9 Å². The van der Waals surface area contributed by atoms with Crippen molar-refractivity contribution >= 4 is 16.1 Å². The smallest absolute Gasteiger partial charge is 0.410 e. The third kappa shape index (κ3) is 6.50. The van der Waals surface area contributed by atoms with E-state index in [1.807, 2.05) is 52.0 Å². The highest BCUT2D eigenvalue weighted by Crippen LogP contribution is 2.22. The van der Waals surface area contributed by atoms with Crippen molar-refractivity contribution in [3.8, 4) is 0 Å². The fourth-order valence-corrected chi connectivity index (χ4v) is 4.56. The predicted molar refractivity (Wildman–Crippen MR) is 107 cm³/mol. The van der Waals surface area contributed by atoms with Crippen molar-refractivity contribution in [3.63, 3.8) is 0 Å². The van der Waals surface area contributed by atoms with Gasteiger partial charge in [-0.25, -0.2) is 17.5 Å². The molecular weight excluding hydrogens is 364 g/mol. The summed E-state index contributed by atoms with van der Waals surface area (Å²) < 4.78 is 32.3. The number of hydrogen-bond acceptors (Lipinski definition) is 4. The Bertz CT molecular complexity index is 747. The molecule has 0 saturated carbocycles. The molecule has 1 heterocycles. The Kier molecular flexibility index (Phi) is 6.92. The quantitative estimate of drug-likeness (QED) is 0.765. The van der Waals surface area contributed by atoms with Crippen LogP contribution in [-0.4, -0.2) is 56.0 Å². The topological polar surface area (TPSA) is 66.9 Å². The Morgan fingerprint density at radius 1 is 1.22 bits per heavy atom. The molecular formula is C20H32N2O4S. The van der Waals surface area contributed by atoms with Crippen LogP contribution in [-0.2, 0) is 20.5 Å². The number of carbonyl (C=O) groups is 1. The molecule has 1 aromatic carbocycles. The molecule has 1 aromatic rings. The van der Waals surface area contributed by atoms with E-state index in [0.717, 1.165) is 24.0 Å². The van der Waals surface area contributed by atoms with Gasteiger partial charge in [0.1, 0.15) is 5.60 Å².